The maximum absolute atomic E-state index is 11.7. The van der Waals surface area contributed by atoms with Gasteiger partial charge >= 0.3 is 0 Å². The molecule has 0 aliphatic rings. The van der Waals surface area contributed by atoms with E-state index in [2.05, 4.69) is 21.3 Å². The van der Waals surface area contributed by atoms with E-state index in [1.807, 2.05) is 12.1 Å². The number of hydrogen-bond donors (Lipinski definition) is 0. The Bertz CT molecular complexity index is 1600. The van der Waals surface area contributed by atoms with E-state index in [1.165, 1.54) is 12.3 Å². The summed E-state index contributed by atoms with van der Waals surface area (Å²) in [4.78, 5) is 20.7. The second-order valence-electron chi connectivity index (χ2n) is 6.93. The van der Waals surface area contributed by atoms with E-state index in [0.717, 1.165) is 0 Å². The Morgan fingerprint density at radius 2 is 1.84 bits per heavy atom. The van der Waals surface area contributed by atoms with Crippen LogP contribution in [0.25, 0.3) is 44.3 Å². The second-order valence-corrected chi connectivity index (χ2v) is 7.34. The van der Waals surface area contributed by atoms with E-state index >= 15 is 0 Å². The van der Waals surface area contributed by atoms with Crippen molar-refractivity contribution in [3.63, 3.8) is 0 Å². The van der Waals surface area contributed by atoms with Gasteiger partial charge in [-0.15, -0.1) is 5.10 Å². The summed E-state index contributed by atoms with van der Waals surface area (Å²) in [5.41, 5.74) is 3.07. The molecule has 0 aliphatic carbocycles. The van der Waals surface area contributed by atoms with Crippen molar-refractivity contribution in [2.45, 2.75) is 0 Å². The first-order valence-electron chi connectivity index (χ1n) is 9.42. The molecule has 0 atom stereocenters. The van der Waals surface area contributed by atoms with E-state index in [9.17, 15) is 15.4 Å². The van der Waals surface area contributed by atoms with Gasteiger partial charge in [-0.1, -0.05) is 41.9 Å². The number of benzene rings is 3. The highest BCUT2D eigenvalue weighted by Crippen LogP contribution is 2.37. The van der Waals surface area contributed by atoms with Crippen molar-refractivity contribution in [2.24, 2.45) is 0 Å². The van der Waals surface area contributed by atoms with Gasteiger partial charge in [-0.25, -0.2) is 4.98 Å². The lowest BCUT2D eigenvalue weighted by atomic mass is 10.0. The monoisotopic (exact) mass is 438 g/mol. The number of non-ortho nitro benzene ring substituents is 1. The summed E-state index contributed by atoms with van der Waals surface area (Å²) in [5, 5.41) is 30.1. The van der Waals surface area contributed by atoms with Crippen molar-refractivity contribution >= 4 is 39.1 Å². The summed E-state index contributed by atoms with van der Waals surface area (Å²) in [6.45, 7) is 0. The van der Waals surface area contributed by atoms with Crippen LogP contribution in [0.5, 0.6) is 0 Å². The molecule has 0 saturated heterocycles. The zero-order valence-electron chi connectivity index (χ0n) is 16.2. The fourth-order valence-corrected chi connectivity index (χ4v) is 3.81. The van der Waals surface area contributed by atoms with Crippen LogP contribution in [0.15, 0.2) is 67.0 Å². The molecular weight excluding hydrogens is 428 g/mol. The van der Waals surface area contributed by atoms with E-state index in [1.54, 1.807) is 42.6 Å². The van der Waals surface area contributed by atoms with Crippen molar-refractivity contribution in [3.8, 4) is 28.6 Å². The fraction of sp³-hybridized carbons (Fsp3) is 0. The molecule has 2 heterocycles. The molecule has 0 aliphatic heterocycles. The van der Waals surface area contributed by atoms with Gasteiger partial charge < -0.3 is 0 Å². The summed E-state index contributed by atoms with van der Waals surface area (Å²) in [5.74, 6) is 0. The molecule has 5 rings (SSSR count). The van der Waals surface area contributed by atoms with Crippen LogP contribution in [0, 0.1) is 21.4 Å². The molecule has 0 amide bonds. The molecule has 0 saturated carbocycles. The number of aromatic nitrogens is 4. The highest BCUT2D eigenvalue weighted by Gasteiger charge is 2.22. The predicted octanol–water partition coefficient (Wildman–Crippen LogP) is 5.34. The molecule has 0 unspecified atom stereocenters. The summed E-state index contributed by atoms with van der Waals surface area (Å²) in [6.07, 6.45) is 3.02. The maximum Gasteiger partial charge on any atom is 0.298 e. The Morgan fingerprint density at radius 3 is 2.62 bits per heavy atom. The Labute approximate surface area is 185 Å². The Kier molecular flexibility index (Phi) is 4.66. The lowest BCUT2D eigenvalue weighted by Gasteiger charge is -2.06. The average molecular weight is 439 g/mol. The van der Waals surface area contributed by atoms with Crippen LogP contribution in [0.4, 0.5) is 5.69 Å². The van der Waals surface area contributed by atoms with Gasteiger partial charge in [0.1, 0.15) is 0 Å². The fourth-order valence-electron chi connectivity index (χ4n) is 3.58. The quantitative estimate of drug-likeness (QED) is 0.275. The SMILES string of the molecule is N#Cc1cccc(-c2cnc3c(cc([N+](=O)[O-])c4nncc43)c(-c3ccccc3Cl)n2)c1. The molecule has 0 fully saturated rings. The third-order valence-electron chi connectivity index (χ3n) is 5.05. The van der Waals surface area contributed by atoms with Crippen LogP contribution in [0.3, 0.4) is 0 Å². The standard InChI is InChI=1S/C23H11ClN6O2/c24-18-7-2-1-6-15(18)22-16-9-20(30(31)32)23-17(11-27-29-23)21(16)26-12-19(28-22)14-5-3-4-13(8-14)10-25/h1-9,11-12H. The normalized spacial score (nSPS) is 10.9. The third kappa shape index (κ3) is 3.17. The number of rotatable bonds is 3. The van der Waals surface area contributed by atoms with Crippen LogP contribution in [0.2, 0.25) is 5.02 Å². The van der Waals surface area contributed by atoms with Crippen LogP contribution in [0.1, 0.15) is 5.56 Å². The molecule has 0 radical (unpaired) electrons. The Hall–Kier alpha value is -4.48. The number of nitrogens with zero attached hydrogens (tertiary/aromatic N) is 6. The first kappa shape index (κ1) is 19.5. The Morgan fingerprint density at radius 1 is 1.00 bits per heavy atom. The maximum atomic E-state index is 11.7. The van der Waals surface area contributed by atoms with Gasteiger partial charge in [-0.05, 0) is 18.2 Å². The minimum atomic E-state index is -0.503. The number of nitro groups is 1. The van der Waals surface area contributed by atoms with Crippen molar-refractivity contribution < 1.29 is 4.92 Å². The van der Waals surface area contributed by atoms with Gasteiger partial charge in [-0.2, -0.15) is 10.4 Å². The number of halogens is 1. The number of nitriles is 1. The van der Waals surface area contributed by atoms with E-state index in [-0.39, 0.29) is 11.2 Å². The summed E-state index contributed by atoms with van der Waals surface area (Å²) in [6, 6.07) is 17.6. The van der Waals surface area contributed by atoms with Gasteiger partial charge in [0.15, 0.2) is 5.52 Å². The number of nitro benzene ring substituents is 1. The van der Waals surface area contributed by atoms with Crippen molar-refractivity contribution in [1.82, 2.24) is 20.2 Å². The largest absolute Gasteiger partial charge is 0.298 e. The van der Waals surface area contributed by atoms with Crippen molar-refractivity contribution in [3.05, 3.63) is 87.7 Å². The highest BCUT2D eigenvalue weighted by molar-refractivity contribution is 6.33. The Balaban J connectivity index is 1.96. The predicted molar refractivity (Wildman–Crippen MR) is 120 cm³/mol. The first-order valence-corrected chi connectivity index (χ1v) is 9.79. The molecule has 8 nitrogen and oxygen atoms in total. The summed E-state index contributed by atoms with van der Waals surface area (Å²) < 4.78 is 0. The van der Waals surface area contributed by atoms with Crippen LogP contribution in [-0.2, 0) is 0 Å². The van der Waals surface area contributed by atoms with Crippen LogP contribution >= 0.6 is 11.6 Å². The van der Waals surface area contributed by atoms with Crippen molar-refractivity contribution in [2.75, 3.05) is 0 Å². The van der Waals surface area contributed by atoms with Crippen molar-refractivity contribution in [1.29, 1.82) is 5.26 Å². The molecular formula is C23H11ClN6O2. The molecule has 5 aromatic rings. The average Bonchev–Trinajstić information content (AvgIpc) is 3.21. The van der Waals surface area contributed by atoms with Gasteiger partial charge in [0.05, 0.1) is 51.2 Å². The van der Waals surface area contributed by atoms with Gasteiger partial charge in [0.25, 0.3) is 5.69 Å². The van der Waals surface area contributed by atoms with Crippen LogP contribution < -0.4 is 0 Å². The molecule has 0 bridgehead atoms. The van der Waals surface area contributed by atoms with Gasteiger partial charge in [0.2, 0.25) is 0 Å². The molecule has 2 aromatic heterocycles. The topological polar surface area (TPSA) is 118 Å². The number of hydrogen-bond acceptors (Lipinski definition) is 7. The smallest absolute Gasteiger partial charge is 0.258 e. The first-order chi connectivity index (χ1) is 15.6. The molecule has 0 spiro atoms. The lowest BCUT2D eigenvalue weighted by Crippen LogP contribution is -1.92. The zero-order valence-corrected chi connectivity index (χ0v) is 17.0. The van der Waals surface area contributed by atoms with E-state index in [0.29, 0.717) is 49.4 Å². The van der Waals surface area contributed by atoms with E-state index < -0.39 is 4.92 Å². The highest BCUT2D eigenvalue weighted by atomic mass is 35.5. The van der Waals surface area contributed by atoms with Gasteiger partial charge in [0, 0.05) is 27.6 Å². The zero-order chi connectivity index (χ0) is 22.2. The van der Waals surface area contributed by atoms with E-state index in [4.69, 9.17) is 16.6 Å². The van der Waals surface area contributed by atoms with Gasteiger partial charge in [-0.3, -0.25) is 15.1 Å². The molecule has 152 valence electrons. The summed E-state index contributed by atoms with van der Waals surface area (Å²) >= 11 is 6.49. The minimum Gasteiger partial charge on any atom is -0.258 e. The molecule has 32 heavy (non-hydrogen) atoms. The molecule has 0 N–H and O–H groups in total. The third-order valence-corrected chi connectivity index (χ3v) is 5.38. The molecule has 3 aromatic carbocycles. The second kappa shape index (κ2) is 7.65. The van der Waals surface area contributed by atoms with Crippen LogP contribution in [-0.4, -0.2) is 25.1 Å². The lowest BCUT2D eigenvalue weighted by molar-refractivity contribution is -0.383. The molecule has 9 heteroatoms. The summed E-state index contributed by atoms with van der Waals surface area (Å²) in [7, 11) is 0. The number of fused-ring (bicyclic) bond motifs is 3. The minimum absolute atomic E-state index is 0.152.